The average Bonchev–Trinajstić information content (AvgIpc) is 2.65. The van der Waals surface area contributed by atoms with Crippen molar-refractivity contribution < 1.29 is 9.59 Å². The average molecular weight is 357 g/mol. The summed E-state index contributed by atoms with van der Waals surface area (Å²) in [7, 11) is 0. The van der Waals surface area contributed by atoms with Gasteiger partial charge in [0, 0.05) is 13.1 Å². The lowest BCUT2D eigenvalue weighted by atomic mass is 9.75. The molecule has 1 heterocycles. The second kappa shape index (κ2) is 8.70. The van der Waals surface area contributed by atoms with Gasteiger partial charge in [-0.05, 0) is 36.2 Å². The van der Waals surface area contributed by atoms with Gasteiger partial charge in [-0.1, -0.05) is 63.4 Å². The zero-order valence-electron chi connectivity index (χ0n) is 16.1. The maximum Gasteiger partial charge on any atom is 0.245 e. The number of carbonyl (C=O) groups is 2. The summed E-state index contributed by atoms with van der Waals surface area (Å²) in [4.78, 5) is 27.6. The molecule has 4 nitrogen and oxygen atoms in total. The fourth-order valence-electron chi connectivity index (χ4n) is 4.52. The van der Waals surface area contributed by atoms with Gasteiger partial charge in [-0.2, -0.15) is 0 Å². The highest BCUT2D eigenvalue weighted by Crippen LogP contribution is 2.36. The summed E-state index contributed by atoms with van der Waals surface area (Å²) in [5.41, 5.74) is 0.975. The van der Waals surface area contributed by atoms with Gasteiger partial charge in [0.05, 0.1) is 6.42 Å². The number of nitrogens with zero attached hydrogens (tertiary/aromatic N) is 1. The number of piperidine rings is 1. The van der Waals surface area contributed by atoms with Crippen LogP contribution in [0.25, 0.3) is 0 Å². The van der Waals surface area contributed by atoms with E-state index in [1.54, 1.807) is 0 Å². The second-order valence-corrected chi connectivity index (χ2v) is 8.33. The van der Waals surface area contributed by atoms with Gasteiger partial charge in [0.1, 0.15) is 6.04 Å². The smallest absolute Gasteiger partial charge is 0.245 e. The number of benzene rings is 1. The Labute approximate surface area is 157 Å². The highest BCUT2D eigenvalue weighted by atomic mass is 16.2. The largest absolute Gasteiger partial charge is 0.344 e. The summed E-state index contributed by atoms with van der Waals surface area (Å²) in [5, 5.41) is 3.00. The number of hydrogen-bond donors (Lipinski definition) is 1. The van der Waals surface area contributed by atoms with E-state index in [2.05, 4.69) is 5.32 Å². The van der Waals surface area contributed by atoms with Crippen LogP contribution in [0.1, 0.15) is 51.5 Å². The molecule has 1 saturated carbocycles. The Morgan fingerprint density at radius 3 is 2.46 bits per heavy atom. The molecule has 26 heavy (non-hydrogen) atoms. The fraction of sp³-hybridized carbons (Fsp3) is 0.636. The summed E-state index contributed by atoms with van der Waals surface area (Å²) >= 11 is 0. The lowest BCUT2D eigenvalue weighted by molar-refractivity contribution is -0.140. The normalized spacial score (nSPS) is 24.0. The molecule has 0 spiro atoms. The van der Waals surface area contributed by atoms with Crippen LogP contribution < -0.4 is 5.32 Å². The van der Waals surface area contributed by atoms with E-state index in [4.69, 9.17) is 0 Å². The Morgan fingerprint density at radius 2 is 1.77 bits per heavy atom. The lowest BCUT2D eigenvalue weighted by Gasteiger charge is -2.42. The predicted octanol–water partition coefficient (Wildman–Crippen LogP) is 3.41. The van der Waals surface area contributed by atoms with Gasteiger partial charge in [-0.25, -0.2) is 0 Å². The molecule has 2 aliphatic rings. The molecule has 2 amide bonds. The number of carbonyl (C=O) groups excluding carboxylic acids is 2. The van der Waals surface area contributed by atoms with Crippen molar-refractivity contribution in [3.05, 3.63) is 35.9 Å². The van der Waals surface area contributed by atoms with Gasteiger partial charge in [0.25, 0.3) is 0 Å². The van der Waals surface area contributed by atoms with Gasteiger partial charge in [-0.3, -0.25) is 9.59 Å². The zero-order chi connectivity index (χ0) is 18.5. The number of amides is 2. The van der Waals surface area contributed by atoms with E-state index in [1.807, 2.05) is 49.1 Å². The highest BCUT2D eigenvalue weighted by molar-refractivity contribution is 5.88. The summed E-state index contributed by atoms with van der Waals surface area (Å²) in [6, 6.07) is 9.27. The molecule has 3 atom stereocenters. The molecule has 0 unspecified atom stereocenters. The minimum absolute atomic E-state index is 0.0733. The maximum atomic E-state index is 13.1. The molecule has 1 saturated heterocycles. The van der Waals surface area contributed by atoms with E-state index < -0.39 is 6.04 Å². The molecule has 0 aromatic heterocycles. The molecule has 0 radical (unpaired) electrons. The summed E-state index contributed by atoms with van der Waals surface area (Å²) in [6.45, 7) is 5.75. The van der Waals surface area contributed by atoms with Crippen molar-refractivity contribution in [3.63, 3.8) is 0 Å². The van der Waals surface area contributed by atoms with Crippen molar-refractivity contribution in [1.82, 2.24) is 10.2 Å². The molecule has 0 bridgehead atoms. The Morgan fingerprint density at radius 1 is 1.08 bits per heavy atom. The van der Waals surface area contributed by atoms with Crippen LogP contribution in [0.15, 0.2) is 30.3 Å². The molecule has 1 aromatic rings. The summed E-state index contributed by atoms with van der Waals surface area (Å²) in [6.07, 6.45) is 6.67. The Hall–Kier alpha value is -1.84. The van der Waals surface area contributed by atoms with E-state index in [-0.39, 0.29) is 17.7 Å². The molecule has 1 aromatic carbocycles. The van der Waals surface area contributed by atoms with Crippen LogP contribution in [0, 0.1) is 17.8 Å². The fourth-order valence-corrected chi connectivity index (χ4v) is 4.52. The molecule has 3 rings (SSSR count). The first-order valence-electron chi connectivity index (χ1n) is 10.2. The standard InChI is InChI=1S/C22H32N2O2/c1-16(2)21(23-20(25)14-17-8-4-3-5-9-17)22(26)24-13-12-18-10-6-7-11-19(18)15-24/h3-5,8-9,16,18-19,21H,6-7,10-15H2,1-2H3,(H,23,25)/t18-,19+,21+/m1/s1. The third-order valence-corrected chi connectivity index (χ3v) is 6.06. The molecule has 1 N–H and O–H groups in total. The molecule has 1 aliphatic carbocycles. The first-order chi connectivity index (χ1) is 12.5. The van der Waals surface area contributed by atoms with Crippen molar-refractivity contribution in [2.75, 3.05) is 13.1 Å². The van der Waals surface area contributed by atoms with Gasteiger partial charge in [-0.15, -0.1) is 0 Å². The minimum atomic E-state index is -0.425. The van der Waals surface area contributed by atoms with Crippen molar-refractivity contribution in [2.45, 2.75) is 58.4 Å². The monoisotopic (exact) mass is 356 g/mol. The zero-order valence-corrected chi connectivity index (χ0v) is 16.1. The van der Waals surface area contributed by atoms with Crippen molar-refractivity contribution in [2.24, 2.45) is 17.8 Å². The van der Waals surface area contributed by atoms with Crippen molar-refractivity contribution in [3.8, 4) is 0 Å². The van der Waals surface area contributed by atoms with E-state index in [1.165, 1.54) is 25.7 Å². The van der Waals surface area contributed by atoms with Crippen molar-refractivity contribution in [1.29, 1.82) is 0 Å². The molecule has 1 aliphatic heterocycles. The van der Waals surface area contributed by atoms with Crippen LogP contribution in [0.4, 0.5) is 0 Å². The summed E-state index contributed by atoms with van der Waals surface area (Å²) in [5.74, 6) is 1.58. The van der Waals surface area contributed by atoms with Gasteiger partial charge < -0.3 is 10.2 Å². The predicted molar refractivity (Wildman–Crippen MR) is 104 cm³/mol. The van der Waals surface area contributed by atoms with Crippen LogP contribution in [0.2, 0.25) is 0 Å². The molecule has 4 heteroatoms. The summed E-state index contributed by atoms with van der Waals surface area (Å²) < 4.78 is 0. The third-order valence-electron chi connectivity index (χ3n) is 6.06. The molecule has 2 fully saturated rings. The number of hydrogen-bond acceptors (Lipinski definition) is 2. The topological polar surface area (TPSA) is 49.4 Å². The molecular formula is C22H32N2O2. The second-order valence-electron chi connectivity index (χ2n) is 8.33. The van der Waals surface area contributed by atoms with Gasteiger partial charge in [0.15, 0.2) is 0 Å². The SMILES string of the molecule is CC(C)[C@H](NC(=O)Cc1ccccc1)C(=O)N1CC[C@H]2CCCC[C@H]2C1. The first kappa shape index (κ1) is 18.9. The quantitative estimate of drug-likeness (QED) is 0.879. The van der Waals surface area contributed by atoms with Gasteiger partial charge >= 0.3 is 0 Å². The van der Waals surface area contributed by atoms with E-state index >= 15 is 0 Å². The van der Waals surface area contributed by atoms with Crippen LogP contribution in [0.3, 0.4) is 0 Å². The Balaban J connectivity index is 1.60. The highest BCUT2D eigenvalue weighted by Gasteiger charge is 2.36. The number of rotatable bonds is 5. The van der Waals surface area contributed by atoms with Crippen LogP contribution in [-0.2, 0) is 16.0 Å². The first-order valence-corrected chi connectivity index (χ1v) is 10.2. The Kier molecular flexibility index (Phi) is 6.33. The van der Waals surface area contributed by atoms with Crippen LogP contribution >= 0.6 is 0 Å². The maximum absolute atomic E-state index is 13.1. The van der Waals surface area contributed by atoms with Gasteiger partial charge in [0.2, 0.25) is 11.8 Å². The molecule has 142 valence electrons. The van der Waals surface area contributed by atoms with Crippen LogP contribution in [-0.4, -0.2) is 35.8 Å². The lowest BCUT2D eigenvalue weighted by Crippen LogP contribution is -2.55. The van der Waals surface area contributed by atoms with E-state index in [9.17, 15) is 9.59 Å². The molecular weight excluding hydrogens is 324 g/mol. The van der Waals surface area contributed by atoms with E-state index in [0.717, 1.165) is 31.0 Å². The third kappa shape index (κ3) is 4.66. The Bertz CT molecular complexity index is 614. The van der Waals surface area contributed by atoms with Crippen LogP contribution in [0.5, 0.6) is 0 Å². The number of fused-ring (bicyclic) bond motifs is 1. The van der Waals surface area contributed by atoms with E-state index in [0.29, 0.717) is 12.3 Å². The van der Waals surface area contributed by atoms with Crippen molar-refractivity contribution >= 4 is 11.8 Å². The number of nitrogens with one attached hydrogen (secondary N) is 1. The minimum Gasteiger partial charge on any atom is -0.344 e. The number of likely N-dealkylation sites (tertiary alicyclic amines) is 1.